The molecule has 0 unspecified atom stereocenters. The lowest BCUT2D eigenvalue weighted by molar-refractivity contribution is -0.117. The average molecular weight is 264 g/mol. The largest absolute Gasteiger partial charge is 0.300 e. The number of allylic oxidation sites excluding steroid dienone is 1. The minimum Gasteiger partial charge on any atom is -0.300 e. The van der Waals surface area contributed by atoms with Gasteiger partial charge in [0.15, 0.2) is 0 Å². The molecule has 102 valence electrons. The Kier molecular flexibility index (Phi) is 4.52. The SMILES string of the molecule is CC(=O)C[C@@](C)(/C=C/c1ccccc1)c1ccccc1. The van der Waals surface area contributed by atoms with E-state index in [0.29, 0.717) is 6.42 Å². The van der Waals surface area contributed by atoms with Gasteiger partial charge in [0.05, 0.1) is 0 Å². The highest BCUT2D eigenvalue weighted by Gasteiger charge is 2.24. The molecule has 0 heterocycles. The first kappa shape index (κ1) is 14.3. The van der Waals surface area contributed by atoms with Crippen LogP contribution < -0.4 is 0 Å². The van der Waals surface area contributed by atoms with Gasteiger partial charge in [-0.15, -0.1) is 0 Å². The van der Waals surface area contributed by atoms with Crippen LogP contribution in [0.3, 0.4) is 0 Å². The molecule has 0 saturated heterocycles. The summed E-state index contributed by atoms with van der Waals surface area (Å²) < 4.78 is 0. The number of hydrogen-bond acceptors (Lipinski definition) is 1. The summed E-state index contributed by atoms with van der Waals surface area (Å²) in [5.41, 5.74) is 2.06. The van der Waals surface area contributed by atoms with Crippen LogP contribution in [0.2, 0.25) is 0 Å². The molecule has 20 heavy (non-hydrogen) atoms. The Morgan fingerprint density at radius 2 is 1.55 bits per heavy atom. The summed E-state index contributed by atoms with van der Waals surface area (Å²) in [7, 11) is 0. The third-order valence-corrected chi connectivity index (χ3v) is 3.49. The van der Waals surface area contributed by atoms with Crippen molar-refractivity contribution in [2.24, 2.45) is 0 Å². The molecule has 0 radical (unpaired) electrons. The van der Waals surface area contributed by atoms with Crippen molar-refractivity contribution in [1.29, 1.82) is 0 Å². The predicted molar refractivity (Wildman–Crippen MR) is 84.6 cm³/mol. The molecule has 0 aliphatic rings. The van der Waals surface area contributed by atoms with Crippen LogP contribution in [0.4, 0.5) is 0 Å². The Bertz CT molecular complexity index is 584. The third-order valence-electron chi connectivity index (χ3n) is 3.49. The van der Waals surface area contributed by atoms with E-state index in [4.69, 9.17) is 0 Å². The number of carbonyl (C=O) groups excluding carboxylic acids is 1. The molecule has 0 spiro atoms. The van der Waals surface area contributed by atoms with Gasteiger partial charge in [-0.2, -0.15) is 0 Å². The Balaban J connectivity index is 2.33. The second-order valence-electron chi connectivity index (χ2n) is 5.41. The minimum absolute atomic E-state index is 0.203. The number of carbonyl (C=O) groups is 1. The number of hydrogen-bond donors (Lipinski definition) is 0. The maximum absolute atomic E-state index is 11.6. The molecule has 0 aliphatic heterocycles. The summed E-state index contributed by atoms with van der Waals surface area (Å²) in [5.74, 6) is 0.203. The van der Waals surface area contributed by atoms with E-state index >= 15 is 0 Å². The van der Waals surface area contributed by atoms with Crippen molar-refractivity contribution in [2.75, 3.05) is 0 Å². The lowest BCUT2D eigenvalue weighted by Crippen LogP contribution is -2.22. The van der Waals surface area contributed by atoms with Crippen LogP contribution in [0, 0.1) is 0 Å². The van der Waals surface area contributed by atoms with E-state index in [2.05, 4.69) is 43.3 Å². The van der Waals surface area contributed by atoms with Gasteiger partial charge in [-0.3, -0.25) is 4.79 Å². The molecule has 1 nitrogen and oxygen atoms in total. The summed E-state index contributed by atoms with van der Waals surface area (Å²) in [5, 5.41) is 0. The van der Waals surface area contributed by atoms with Crippen molar-refractivity contribution in [2.45, 2.75) is 25.7 Å². The van der Waals surface area contributed by atoms with Crippen molar-refractivity contribution >= 4 is 11.9 Å². The summed E-state index contributed by atoms with van der Waals surface area (Å²) in [4.78, 5) is 11.6. The first-order valence-electron chi connectivity index (χ1n) is 6.89. The van der Waals surface area contributed by atoms with Gasteiger partial charge in [0.25, 0.3) is 0 Å². The van der Waals surface area contributed by atoms with Crippen LogP contribution in [0.1, 0.15) is 31.4 Å². The normalized spacial score (nSPS) is 14.1. The van der Waals surface area contributed by atoms with Crippen LogP contribution in [0.25, 0.3) is 6.08 Å². The topological polar surface area (TPSA) is 17.1 Å². The van der Waals surface area contributed by atoms with Crippen molar-refractivity contribution < 1.29 is 4.79 Å². The van der Waals surface area contributed by atoms with Crippen LogP contribution in [0.15, 0.2) is 66.7 Å². The molecule has 0 aliphatic carbocycles. The van der Waals surface area contributed by atoms with Crippen molar-refractivity contribution in [1.82, 2.24) is 0 Å². The number of Topliss-reactive ketones (excluding diaryl/α,β-unsaturated/α-hetero) is 1. The molecule has 0 amide bonds. The van der Waals surface area contributed by atoms with Gasteiger partial charge in [-0.1, -0.05) is 79.7 Å². The summed E-state index contributed by atoms with van der Waals surface area (Å²) in [6.45, 7) is 3.76. The zero-order valence-corrected chi connectivity index (χ0v) is 12.0. The zero-order valence-electron chi connectivity index (χ0n) is 12.0. The molecule has 1 atom stereocenters. The van der Waals surface area contributed by atoms with Gasteiger partial charge in [0.1, 0.15) is 5.78 Å². The van der Waals surface area contributed by atoms with Crippen molar-refractivity contribution in [3.8, 4) is 0 Å². The predicted octanol–water partition coefficient (Wildman–Crippen LogP) is 4.64. The fourth-order valence-corrected chi connectivity index (χ4v) is 2.44. The summed E-state index contributed by atoms with van der Waals surface area (Å²) >= 11 is 0. The maximum Gasteiger partial charge on any atom is 0.131 e. The molecule has 0 saturated carbocycles. The minimum atomic E-state index is -0.261. The standard InChI is InChI=1S/C19H20O/c1-16(20)15-19(2,18-11-7-4-8-12-18)14-13-17-9-5-3-6-10-17/h3-14H,15H2,1-2H3/b14-13+/t19-/m1/s1. The number of rotatable bonds is 5. The lowest BCUT2D eigenvalue weighted by Gasteiger charge is -2.25. The number of benzene rings is 2. The summed E-state index contributed by atoms with van der Waals surface area (Å²) in [6.07, 6.45) is 4.75. The van der Waals surface area contributed by atoms with Gasteiger partial charge in [-0.25, -0.2) is 0 Å². The molecule has 0 aromatic heterocycles. The molecule has 2 rings (SSSR count). The van der Waals surface area contributed by atoms with Crippen molar-refractivity contribution in [3.05, 3.63) is 77.9 Å². The van der Waals surface area contributed by atoms with E-state index in [1.54, 1.807) is 6.92 Å². The smallest absolute Gasteiger partial charge is 0.131 e. The van der Waals surface area contributed by atoms with Gasteiger partial charge >= 0.3 is 0 Å². The molecular weight excluding hydrogens is 244 g/mol. The van der Waals surface area contributed by atoms with E-state index < -0.39 is 0 Å². The lowest BCUT2D eigenvalue weighted by atomic mass is 9.78. The fraction of sp³-hybridized carbons (Fsp3) is 0.211. The van der Waals surface area contributed by atoms with E-state index in [9.17, 15) is 4.79 Å². The summed E-state index contributed by atoms with van der Waals surface area (Å²) in [6, 6.07) is 20.4. The molecule has 1 heteroatoms. The van der Waals surface area contributed by atoms with E-state index in [0.717, 1.165) is 5.56 Å². The van der Waals surface area contributed by atoms with Gasteiger partial charge in [0, 0.05) is 11.8 Å². The highest BCUT2D eigenvalue weighted by atomic mass is 16.1. The molecule has 2 aromatic carbocycles. The first-order chi connectivity index (χ1) is 9.60. The Labute approximate surface area is 121 Å². The Morgan fingerprint density at radius 1 is 1.00 bits per heavy atom. The number of ketones is 1. The average Bonchev–Trinajstić information content (AvgIpc) is 2.47. The van der Waals surface area contributed by atoms with Crippen LogP contribution in [-0.4, -0.2) is 5.78 Å². The molecule has 2 aromatic rings. The molecule has 0 bridgehead atoms. The fourth-order valence-electron chi connectivity index (χ4n) is 2.44. The quantitative estimate of drug-likeness (QED) is 0.769. The molecular formula is C19H20O. The maximum atomic E-state index is 11.6. The van der Waals surface area contributed by atoms with Gasteiger partial charge in [-0.05, 0) is 18.1 Å². The van der Waals surface area contributed by atoms with Crippen LogP contribution in [-0.2, 0) is 10.2 Å². The molecule has 0 fully saturated rings. The first-order valence-corrected chi connectivity index (χ1v) is 6.89. The van der Waals surface area contributed by atoms with Crippen LogP contribution in [0.5, 0.6) is 0 Å². The highest BCUT2D eigenvalue weighted by Crippen LogP contribution is 2.30. The second-order valence-corrected chi connectivity index (χ2v) is 5.41. The molecule has 0 N–H and O–H groups in total. The van der Waals surface area contributed by atoms with Gasteiger partial charge in [0.2, 0.25) is 0 Å². The van der Waals surface area contributed by atoms with Crippen LogP contribution >= 0.6 is 0 Å². The Hall–Kier alpha value is -2.15. The Morgan fingerprint density at radius 3 is 2.10 bits per heavy atom. The highest BCUT2D eigenvalue weighted by molar-refractivity contribution is 5.78. The van der Waals surface area contributed by atoms with Crippen molar-refractivity contribution in [3.63, 3.8) is 0 Å². The van der Waals surface area contributed by atoms with E-state index in [1.165, 1.54) is 5.56 Å². The third kappa shape index (κ3) is 3.67. The van der Waals surface area contributed by atoms with E-state index in [-0.39, 0.29) is 11.2 Å². The van der Waals surface area contributed by atoms with E-state index in [1.807, 2.05) is 36.4 Å². The monoisotopic (exact) mass is 264 g/mol. The zero-order chi connectivity index (χ0) is 14.4. The van der Waals surface area contributed by atoms with Gasteiger partial charge < -0.3 is 0 Å². The second kappa shape index (κ2) is 6.33.